The predicted octanol–water partition coefficient (Wildman–Crippen LogP) is 2.86. The van der Waals surface area contributed by atoms with Gasteiger partial charge in [0.15, 0.2) is 0 Å². The molecule has 0 aromatic carbocycles. The molecule has 0 unspecified atom stereocenters. The first-order valence-electron chi connectivity index (χ1n) is 4.95. The quantitative estimate of drug-likeness (QED) is 0.648. The molecule has 0 spiro atoms. The fraction of sp³-hybridized carbons (Fsp3) is 0.800. The second kappa shape index (κ2) is 7.90. The van der Waals surface area contributed by atoms with Gasteiger partial charge in [-0.15, -0.1) is 0 Å². The lowest BCUT2D eigenvalue weighted by Crippen LogP contribution is -2.30. The smallest absolute Gasteiger partial charge is 0.407 e. The third-order valence-corrected chi connectivity index (χ3v) is 1.52. The highest BCUT2D eigenvalue weighted by molar-refractivity contribution is 5.67. The Hall–Kier alpha value is -0.730. The molecule has 0 aliphatic rings. The fourth-order valence-electron chi connectivity index (χ4n) is 0.882. The zero-order valence-corrected chi connectivity index (χ0v) is 8.80. The molecule has 0 aromatic rings. The summed E-state index contributed by atoms with van der Waals surface area (Å²) >= 11 is 0. The molecule has 0 bridgehead atoms. The minimum Gasteiger partial charge on any atom is -0.442 e. The first kappa shape index (κ1) is 12.3. The Kier molecular flexibility index (Phi) is 7.45. The van der Waals surface area contributed by atoms with Crippen LogP contribution < -0.4 is 5.32 Å². The van der Waals surface area contributed by atoms with Gasteiger partial charge < -0.3 is 10.1 Å². The molecule has 0 rings (SSSR count). The van der Waals surface area contributed by atoms with Gasteiger partial charge in [0, 0.05) is 6.04 Å². The molecule has 1 radical (unpaired) electrons. The number of amides is 1. The Morgan fingerprint density at radius 2 is 2.15 bits per heavy atom. The van der Waals surface area contributed by atoms with Crippen LogP contribution >= 0.6 is 0 Å². The van der Waals surface area contributed by atoms with Crippen molar-refractivity contribution in [1.29, 1.82) is 0 Å². The number of hydrogen-bond acceptors (Lipinski definition) is 2. The van der Waals surface area contributed by atoms with Crippen molar-refractivity contribution in [3.8, 4) is 0 Å². The van der Waals surface area contributed by atoms with E-state index >= 15 is 0 Å². The van der Waals surface area contributed by atoms with Crippen molar-refractivity contribution in [2.75, 3.05) is 0 Å². The number of alkyl carbamates (subject to hydrolysis) is 1. The molecule has 3 nitrogen and oxygen atoms in total. The molecular formula is C10H20NO2. The number of carbonyl (C=O) groups is 1. The van der Waals surface area contributed by atoms with Gasteiger partial charge in [0.25, 0.3) is 0 Å². The van der Waals surface area contributed by atoms with Crippen LogP contribution in [0, 0.1) is 6.61 Å². The molecule has 0 aliphatic carbocycles. The van der Waals surface area contributed by atoms with Crippen molar-refractivity contribution in [3.05, 3.63) is 6.61 Å². The molecule has 0 saturated heterocycles. The van der Waals surface area contributed by atoms with Crippen LogP contribution in [0.2, 0.25) is 0 Å². The van der Waals surface area contributed by atoms with Crippen molar-refractivity contribution in [2.24, 2.45) is 0 Å². The van der Waals surface area contributed by atoms with Crippen molar-refractivity contribution in [1.82, 2.24) is 5.32 Å². The summed E-state index contributed by atoms with van der Waals surface area (Å²) in [4.78, 5) is 10.9. The van der Waals surface area contributed by atoms with Gasteiger partial charge in [-0.2, -0.15) is 0 Å². The summed E-state index contributed by atoms with van der Waals surface area (Å²) in [6.45, 7) is 7.52. The van der Waals surface area contributed by atoms with E-state index in [-0.39, 0.29) is 12.1 Å². The number of nitrogens with one attached hydrogen (secondary N) is 1. The van der Waals surface area contributed by atoms with Gasteiger partial charge in [0.05, 0.1) is 0 Å². The standard InChI is InChI=1S/C10H20NO2/c1-4-5-6-7-8-13-10(12)11-9(2)3/h8-9H,4-7H2,1-3H3,(H,11,12). The number of ether oxygens (including phenoxy) is 1. The number of rotatable bonds is 6. The van der Waals surface area contributed by atoms with Crippen molar-refractivity contribution in [3.63, 3.8) is 0 Å². The monoisotopic (exact) mass is 186 g/mol. The first-order valence-corrected chi connectivity index (χ1v) is 4.95. The molecule has 0 atom stereocenters. The third kappa shape index (κ3) is 9.18. The van der Waals surface area contributed by atoms with E-state index in [1.807, 2.05) is 13.8 Å². The molecule has 0 saturated carbocycles. The molecule has 0 heterocycles. The highest BCUT2D eigenvalue weighted by Crippen LogP contribution is 2.02. The van der Waals surface area contributed by atoms with Crippen LogP contribution in [0.5, 0.6) is 0 Å². The number of hydrogen-bond donors (Lipinski definition) is 1. The highest BCUT2D eigenvalue weighted by Gasteiger charge is 2.02. The molecule has 1 amide bonds. The van der Waals surface area contributed by atoms with E-state index in [9.17, 15) is 4.79 Å². The van der Waals surface area contributed by atoms with E-state index in [1.54, 1.807) is 6.61 Å². The molecule has 0 aliphatic heterocycles. The van der Waals surface area contributed by atoms with Gasteiger partial charge >= 0.3 is 6.09 Å². The summed E-state index contributed by atoms with van der Waals surface area (Å²) < 4.78 is 4.82. The van der Waals surface area contributed by atoms with E-state index in [4.69, 9.17) is 4.74 Å². The van der Waals surface area contributed by atoms with Crippen LogP contribution in [0.15, 0.2) is 0 Å². The Bertz CT molecular complexity index is 135. The average molecular weight is 186 g/mol. The zero-order valence-electron chi connectivity index (χ0n) is 8.80. The minimum atomic E-state index is -0.355. The third-order valence-electron chi connectivity index (χ3n) is 1.52. The lowest BCUT2D eigenvalue weighted by Gasteiger charge is -2.08. The summed E-state index contributed by atoms with van der Waals surface area (Å²) in [5.74, 6) is 0. The second-order valence-electron chi connectivity index (χ2n) is 3.37. The first-order chi connectivity index (χ1) is 6.16. The van der Waals surface area contributed by atoms with Crippen LogP contribution in [0.4, 0.5) is 4.79 Å². The molecule has 0 fully saturated rings. The Morgan fingerprint density at radius 3 is 2.69 bits per heavy atom. The second-order valence-corrected chi connectivity index (χ2v) is 3.37. The van der Waals surface area contributed by atoms with Crippen LogP contribution in [-0.4, -0.2) is 12.1 Å². The normalized spacial score (nSPS) is 10.2. The van der Waals surface area contributed by atoms with Crippen molar-refractivity contribution < 1.29 is 9.53 Å². The van der Waals surface area contributed by atoms with Crippen molar-refractivity contribution in [2.45, 2.75) is 52.5 Å². The maximum absolute atomic E-state index is 10.9. The maximum Gasteiger partial charge on any atom is 0.407 e. The van der Waals surface area contributed by atoms with Crippen LogP contribution in [-0.2, 0) is 4.74 Å². The van der Waals surface area contributed by atoms with Gasteiger partial charge in [0.2, 0.25) is 0 Å². The molecular weight excluding hydrogens is 166 g/mol. The van der Waals surface area contributed by atoms with Crippen LogP contribution in [0.25, 0.3) is 0 Å². The van der Waals surface area contributed by atoms with Gasteiger partial charge in [-0.3, -0.25) is 0 Å². The molecule has 0 aromatic heterocycles. The largest absolute Gasteiger partial charge is 0.442 e. The summed E-state index contributed by atoms with van der Waals surface area (Å²) in [6, 6.07) is 0.136. The maximum atomic E-state index is 10.9. The van der Waals surface area contributed by atoms with Crippen molar-refractivity contribution >= 4 is 6.09 Å². The van der Waals surface area contributed by atoms with E-state index in [1.165, 1.54) is 12.8 Å². The highest BCUT2D eigenvalue weighted by atomic mass is 16.5. The lowest BCUT2D eigenvalue weighted by molar-refractivity contribution is 0.166. The van der Waals surface area contributed by atoms with Gasteiger partial charge in [-0.05, 0) is 26.7 Å². The summed E-state index contributed by atoms with van der Waals surface area (Å²) in [6.07, 6.45) is 3.95. The molecule has 77 valence electrons. The molecule has 13 heavy (non-hydrogen) atoms. The molecule has 1 N–H and O–H groups in total. The molecule has 3 heteroatoms. The summed E-state index contributed by atoms with van der Waals surface area (Å²) in [5.41, 5.74) is 0. The van der Waals surface area contributed by atoms with E-state index in [2.05, 4.69) is 12.2 Å². The van der Waals surface area contributed by atoms with E-state index < -0.39 is 0 Å². The SMILES string of the molecule is CCCCC[CH]OC(=O)NC(C)C. The van der Waals surface area contributed by atoms with Gasteiger partial charge in [-0.25, -0.2) is 4.79 Å². The van der Waals surface area contributed by atoms with Crippen LogP contribution in [0.3, 0.4) is 0 Å². The number of carbonyl (C=O) groups excluding carboxylic acids is 1. The summed E-state index contributed by atoms with van der Waals surface area (Å²) in [5, 5.41) is 2.64. The Morgan fingerprint density at radius 1 is 1.46 bits per heavy atom. The van der Waals surface area contributed by atoms with E-state index in [0.29, 0.717) is 0 Å². The fourth-order valence-corrected chi connectivity index (χ4v) is 0.882. The zero-order chi connectivity index (χ0) is 10.1. The van der Waals surface area contributed by atoms with Crippen LogP contribution in [0.1, 0.15) is 46.5 Å². The van der Waals surface area contributed by atoms with Gasteiger partial charge in [-0.1, -0.05) is 19.8 Å². The number of unbranched alkanes of at least 4 members (excludes halogenated alkanes) is 3. The predicted molar refractivity (Wildman–Crippen MR) is 53.2 cm³/mol. The van der Waals surface area contributed by atoms with E-state index in [0.717, 1.165) is 12.8 Å². The Labute approximate surface area is 80.8 Å². The summed E-state index contributed by atoms with van der Waals surface area (Å²) in [7, 11) is 0. The topological polar surface area (TPSA) is 38.3 Å². The average Bonchev–Trinajstić information content (AvgIpc) is 2.02. The van der Waals surface area contributed by atoms with Gasteiger partial charge in [0.1, 0.15) is 6.61 Å². The minimum absolute atomic E-state index is 0.136. The lowest BCUT2D eigenvalue weighted by atomic mass is 10.2. The Balaban J connectivity index is 3.17.